The van der Waals surface area contributed by atoms with Gasteiger partial charge in [0.15, 0.2) is 5.96 Å². The van der Waals surface area contributed by atoms with Gasteiger partial charge < -0.3 is 10.6 Å². The summed E-state index contributed by atoms with van der Waals surface area (Å²) in [6.45, 7) is 9.29. The SMILES string of the molecule is CCNC(=NCC(C)(C)c1cccc(F)c1)NCC1CCN(S(C)(=O)=O)CC1.I. The van der Waals surface area contributed by atoms with Crippen molar-refractivity contribution in [3.8, 4) is 0 Å². The van der Waals surface area contributed by atoms with Crippen molar-refractivity contribution >= 4 is 40.0 Å². The number of hydrogen-bond acceptors (Lipinski definition) is 3. The zero-order chi connectivity index (χ0) is 20.8. The van der Waals surface area contributed by atoms with E-state index in [0.29, 0.717) is 25.6 Å². The standard InChI is InChI=1S/C20H33FN4O2S.HI/c1-5-22-19(23-14-16-9-11-25(12-10-16)28(4,26)27)24-15-20(2,3)17-7-6-8-18(21)13-17;/h6-8,13,16H,5,9-12,14-15H2,1-4H3,(H2,22,23,24);1H. The second-order valence-corrected chi connectivity index (χ2v) is 10.1. The lowest BCUT2D eigenvalue weighted by Crippen LogP contribution is -2.44. The summed E-state index contributed by atoms with van der Waals surface area (Å²) >= 11 is 0. The molecule has 1 aliphatic rings. The average molecular weight is 540 g/mol. The van der Waals surface area contributed by atoms with Crippen LogP contribution in [0.3, 0.4) is 0 Å². The normalized spacial score (nSPS) is 16.9. The number of hydrogen-bond donors (Lipinski definition) is 2. The van der Waals surface area contributed by atoms with Crippen molar-refractivity contribution in [2.45, 2.75) is 39.0 Å². The van der Waals surface area contributed by atoms with E-state index >= 15 is 0 Å². The van der Waals surface area contributed by atoms with Crippen molar-refractivity contribution in [3.63, 3.8) is 0 Å². The molecule has 0 aliphatic carbocycles. The quantitative estimate of drug-likeness (QED) is 0.317. The summed E-state index contributed by atoms with van der Waals surface area (Å²) in [4.78, 5) is 4.70. The monoisotopic (exact) mass is 540 g/mol. The van der Waals surface area contributed by atoms with Crippen molar-refractivity contribution in [2.24, 2.45) is 10.9 Å². The maximum absolute atomic E-state index is 13.5. The van der Waals surface area contributed by atoms with Crippen molar-refractivity contribution in [3.05, 3.63) is 35.6 Å². The van der Waals surface area contributed by atoms with Crippen LogP contribution in [0.5, 0.6) is 0 Å². The maximum atomic E-state index is 13.5. The molecule has 1 fully saturated rings. The van der Waals surface area contributed by atoms with Crippen LogP contribution in [-0.2, 0) is 15.4 Å². The van der Waals surface area contributed by atoms with Crippen LogP contribution in [-0.4, -0.2) is 57.7 Å². The van der Waals surface area contributed by atoms with Gasteiger partial charge in [0.25, 0.3) is 0 Å². The predicted octanol–water partition coefficient (Wildman–Crippen LogP) is 2.95. The van der Waals surface area contributed by atoms with Crippen molar-refractivity contribution in [1.29, 1.82) is 0 Å². The number of nitrogens with zero attached hydrogens (tertiary/aromatic N) is 2. The van der Waals surface area contributed by atoms with Gasteiger partial charge in [-0.25, -0.2) is 17.1 Å². The van der Waals surface area contributed by atoms with Gasteiger partial charge in [0.05, 0.1) is 12.8 Å². The van der Waals surface area contributed by atoms with E-state index in [4.69, 9.17) is 4.99 Å². The van der Waals surface area contributed by atoms with Gasteiger partial charge in [0.2, 0.25) is 10.0 Å². The first-order chi connectivity index (χ1) is 13.1. The average Bonchev–Trinajstić information content (AvgIpc) is 2.63. The second kappa shape index (κ2) is 11.5. The third kappa shape index (κ3) is 8.37. The molecular weight excluding hydrogens is 506 g/mol. The van der Waals surface area contributed by atoms with E-state index < -0.39 is 10.0 Å². The fourth-order valence-electron chi connectivity index (χ4n) is 3.31. The number of halogens is 2. The van der Waals surface area contributed by atoms with E-state index in [1.807, 2.05) is 13.0 Å². The van der Waals surface area contributed by atoms with Gasteiger partial charge in [-0.15, -0.1) is 24.0 Å². The number of nitrogens with one attached hydrogen (secondary N) is 2. The van der Waals surface area contributed by atoms with Crippen LogP contribution in [0.15, 0.2) is 29.3 Å². The molecule has 29 heavy (non-hydrogen) atoms. The van der Waals surface area contributed by atoms with Gasteiger partial charge in [-0.2, -0.15) is 0 Å². The number of benzene rings is 1. The molecule has 1 aromatic carbocycles. The number of rotatable bonds is 7. The highest BCUT2D eigenvalue weighted by atomic mass is 127. The van der Waals surface area contributed by atoms with E-state index in [2.05, 4.69) is 24.5 Å². The van der Waals surface area contributed by atoms with Gasteiger partial charge in [-0.05, 0) is 43.4 Å². The van der Waals surface area contributed by atoms with Gasteiger partial charge in [-0.3, -0.25) is 4.99 Å². The van der Waals surface area contributed by atoms with Crippen LogP contribution < -0.4 is 10.6 Å². The topological polar surface area (TPSA) is 73.8 Å². The molecule has 0 unspecified atom stereocenters. The molecular formula is C20H34FIN4O2S. The third-order valence-corrected chi connectivity index (χ3v) is 6.49. The highest BCUT2D eigenvalue weighted by molar-refractivity contribution is 14.0. The van der Waals surface area contributed by atoms with Crippen LogP contribution in [0, 0.1) is 11.7 Å². The largest absolute Gasteiger partial charge is 0.357 e. The Morgan fingerprint density at radius 1 is 1.28 bits per heavy atom. The Morgan fingerprint density at radius 2 is 1.93 bits per heavy atom. The highest BCUT2D eigenvalue weighted by Gasteiger charge is 2.25. The molecule has 9 heteroatoms. The van der Waals surface area contributed by atoms with E-state index in [0.717, 1.165) is 37.5 Å². The molecule has 1 aliphatic heterocycles. The Balaban J connectivity index is 0.00000420. The van der Waals surface area contributed by atoms with E-state index in [1.165, 1.54) is 12.3 Å². The summed E-state index contributed by atoms with van der Waals surface area (Å²) in [6.07, 6.45) is 2.95. The summed E-state index contributed by atoms with van der Waals surface area (Å²) in [5.41, 5.74) is 0.630. The summed E-state index contributed by atoms with van der Waals surface area (Å²) < 4.78 is 38.3. The Bertz CT molecular complexity index is 778. The number of piperidine rings is 1. The molecule has 2 N–H and O–H groups in total. The number of guanidine groups is 1. The maximum Gasteiger partial charge on any atom is 0.211 e. The van der Waals surface area contributed by atoms with E-state index in [9.17, 15) is 12.8 Å². The molecule has 0 aromatic heterocycles. The van der Waals surface area contributed by atoms with Gasteiger partial charge in [0, 0.05) is 31.6 Å². The minimum Gasteiger partial charge on any atom is -0.357 e. The first-order valence-corrected chi connectivity index (χ1v) is 11.7. The molecule has 0 atom stereocenters. The first-order valence-electron chi connectivity index (χ1n) is 9.85. The Labute approximate surface area is 191 Å². The first kappa shape index (κ1) is 26.1. The lowest BCUT2D eigenvalue weighted by Gasteiger charge is -2.30. The molecule has 0 radical (unpaired) electrons. The summed E-state index contributed by atoms with van der Waals surface area (Å²) in [5, 5.41) is 6.63. The van der Waals surface area contributed by atoms with Gasteiger partial charge in [0.1, 0.15) is 5.82 Å². The van der Waals surface area contributed by atoms with Crippen LogP contribution in [0.2, 0.25) is 0 Å². The molecule has 0 amide bonds. The lowest BCUT2D eigenvalue weighted by molar-refractivity contribution is 0.274. The zero-order valence-electron chi connectivity index (χ0n) is 17.7. The molecule has 1 aromatic rings. The molecule has 0 bridgehead atoms. The molecule has 2 rings (SSSR count). The minimum atomic E-state index is -3.09. The van der Waals surface area contributed by atoms with Gasteiger partial charge in [-0.1, -0.05) is 26.0 Å². The van der Waals surface area contributed by atoms with Crippen molar-refractivity contribution < 1.29 is 12.8 Å². The van der Waals surface area contributed by atoms with Crippen molar-refractivity contribution in [2.75, 3.05) is 39.0 Å². The second-order valence-electron chi connectivity index (χ2n) is 8.08. The van der Waals surface area contributed by atoms with Crippen molar-refractivity contribution in [1.82, 2.24) is 14.9 Å². The molecule has 0 saturated carbocycles. The lowest BCUT2D eigenvalue weighted by atomic mass is 9.85. The molecule has 166 valence electrons. The Hall–Kier alpha value is -0.940. The van der Waals surface area contributed by atoms with Crippen LogP contribution >= 0.6 is 24.0 Å². The number of aliphatic imine (C=N–C) groups is 1. The minimum absolute atomic E-state index is 0. The number of sulfonamides is 1. The fraction of sp³-hybridized carbons (Fsp3) is 0.650. The van der Waals surface area contributed by atoms with E-state index in [1.54, 1.807) is 16.4 Å². The third-order valence-electron chi connectivity index (χ3n) is 5.18. The van der Waals surface area contributed by atoms with E-state index in [-0.39, 0.29) is 35.2 Å². The van der Waals surface area contributed by atoms with Crippen LogP contribution in [0.25, 0.3) is 0 Å². The molecule has 0 spiro atoms. The molecule has 1 saturated heterocycles. The Morgan fingerprint density at radius 3 is 2.48 bits per heavy atom. The zero-order valence-corrected chi connectivity index (χ0v) is 20.9. The van der Waals surface area contributed by atoms with Gasteiger partial charge >= 0.3 is 0 Å². The Kier molecular flexibility index (Phi) is 10.3. The summed E-state index contributed by atoms with van der Waals surface area (Å²) in [6, 6.07) is 6.66. The molecule has 1 heterocycles. The van der Waals surface area contributed by atoms with Crippen LogP contribution in [0.1, 0.15) is 39.2 Å². The van der Waals surface area contributed by atoms with Crippen LogP contribution in [0.4, 0.5) is 4.39 Å². The summed E-state index contributed by atoms with van der Waals surface area (Å²) in [5.74, 6) is 0.913. The highest BCUT2D eigenvalue weighted by Crippen LogP contribution is 2.24. The molecule has 6 nitrogen and oxygen atoms in total. The smallest absolute Gasteiger partial charge is 0.211 e. The fourth-order valence-corrected chi connectivity index (χ4v) is 4.18. The predicted molar refractivity (Wildman–Crippen MR) is 128 cm³/mol. The summed E-state index contributed by atoms with van der Waals surface area (Å²) in [7, 11) is -3.09.